The Labute approximate surface area is 178 Å². The predicted octanol–water partition coefficient (Wildman–Crippen LogP) is 4.01. The molecule has 0 spiro atoms. The van der Waals surface area contributed by atoms with E-state index in [1.165, 1.54) is 7.05 Å². The van der Waals surface area contributed by atoms with Crippen molar-refractivity contribution in [2.75, 3.05) is 20.6 Å². The van der Waals surface area contributed by atoms with Gasteiger partial charge in [-0.2, -0.15) is 0 Å². The lowest BCUT2D eigenvalue weighted by Crippen LogP contribution is -2.21. The zero-order valence-corrected chi connectivity index (χ0v) is 17.8. The van der Waals surface area contributed by atoms with E-state index in [2.05, 4.69) is 69.6 Å². The smallest absolute Gasteiger partial charge is 0.0969 e. The number of fused-ring (bicyclic) bond motifs is 2. The molecule has 0 saturated heterocycles. The number of benzene rings is 1. The second-order valence-corrected chi connectivity index (χ2v) is 6.89. The number of hydrogen-bond donors (Lipinski definition) is 3. The number of hydrogen-bond acceptors (Lipinski definition) is 4. The number of aromatic nitrogens is 3. The summed E-state index contributed by atoms with van der Waals surface area (Å²) in [5.41, 5.74) is 13.0. The Morgan fingerprint density at radius 1 is 1.23 bits per heavy atom. The highest BCUT2D eigenvalue weighted by Gasteiger charge is 2.24. The highest BCUT2D eigenvalue weighted by atomic mass is 15.1. The molecule has 0 fully saturated rings. The van der Waals surface area contributed by atoms with Crippen molar-refractivity contribution in [3.05, 3.63) is 85.1 Å². The van der Waals surface area contributed by atoms with E-state index in [1.807, 2.05) is 31.7 Å². The summed E-state index contributed by atoms with van der Waals surface area (Å²) in [5, 5.41) is 3.19. The van der Waals surface area contributed by atoms with Gasteiger partial charge in [-0.25, -0.2) is 4.98 Å². The molecule has 0 radical (unpaired) electrons. The van der Waals surface area contributed by atoms with Crippen molar-refractivity contribution in [1.29, 1.82) is 0 Å². The largest absolute Gasteiger partial charge is 0.359 e. The van der Waals surface area contributed by atoms with Gasteiger partial charge in [0.05, 0.1) is 35.4 Å². The van der Waals surface area contributed by atoms with Crippen LogP contribution in [-0.4, -0.2) is 40.1 Å². The molecule has 1 aromatic carbocycles. The maximum Gasteiger partial charge on any atom is 0.0969 e. The number of H-pyrrole nitrogens is 1. The third-order valence-electron chi connectivity index (χ3n) is 5.13. The SMILES string of the molecule is C=CCCN1C=C(c2cc(C=C)cc3c2ncn3CNC)c2cc[nH]c2C1=C.CN. The highest BCUT2D eigenvalue weighted by molar-refractivity contribution is 5.99. The maximum absolute atomic E-state index is 4.73. The lowest BCUT2D eigenvalue weighted by atomic mass is 9.92. The molecular weight excluding hydrogens is 372 g/mol. The number of nitrogens with zero attached hydrogens (tertiary/aromatic N) is 3. The number of rotatable bonds is 7. The molecule has 0 amide bonds. The van der Waals surface area contributed by atoms with Crippen LogP contribution in [0, 0.1) is 0 Å². The Morgan fingerprint density at radius 3 is 2.73 bits per heavy atom. The van der Waals surface area contributed by atoms with Gasteiger partial charge in [0.15, 0.2) is 0 Å². The molecule has 3 heterocycles. The van der Waals surface area contributed by atoms with E-state index in [1.54, 1.807) is 0 Å². The molecule has 0 saturated carbocycles. The molecular formula is C24H30N6. The Balaban J connectivity index is 0.00000124. The van der Waals surface area contributed by atoms with Crippen LogP contribution in [0.4, 0.5) is 0 Å². The Kier molecular flexibility index (Phi) is 6.72. The minimum atomic E-state index is 0.702. The molecule has 2 aromatic heterocycles. The first kappa shape index (κ1) is 21.4. The van der Waals surface area contributed by atoms with E-state index in [9.17, 15) is 0 Å². The van der Waals surface area contributed by atoms with Crippen LogP contribution in [0.15, 0.2) is 62.7 Å². The fraction of sp³-hybridized carbons (Fsp3) is 0.208. The summed E-state index contributed by atoms with van der Waals surface area (Å²) >= 11 is 0. The van der Waals surface area contributed by atoms with Crippen molar-refractivity contribution in [1.82, 2.24) is 24.8 Å². The lowest BCUT2D eigenvalue weighted by molar-refractivity contribution is 0.535. The van der Waals surface area contributed by atoms with Gasteiger partial charge < -0.3 is 25.5 Å². The van der Waals surface area contributed by atoms with Crippen LogP contribution in [-0.2, 0) is 6.67 Å². The normalized spacial score (nSPS) is 12.8. The molecule has 30 heavy (non-hydrogen) atoms. The molecule has 4 N–H and O–H groups in total. The van der Waals surface area contributed by atoms with E-state index in [4.69, 9.17) is 4.98 Å². The van der Waals surface area contributed by atoms with Gasteiger partial charge in [-0.3, -0.25) is 0 Å². The molecule has 0 atom stereocenters. The molecule has 1 aliphatic rings. The van der Waals surface area contributed by atoms with E-state index < -0.39 is 0 Å². The standard InChI is InChI=1S/C23H25N5.CH5N/c1-5-7-10-27-13-20(18-8-9-25-22(18)16(27)3)19-11-17(6-2)12-21-23(19)26-15-28(21)14-24-4;1-2/h5-6,8-9,11-13,15,24-25H,1-3,7,10,14H2,4H3;2H2,1H3. The molecule has 6 heteroatoms. The summed E-state index contributed by atoms with van der Waals surface area (Å²) in [4.78, 5) is 10.3. The minimum absolute atomic E-state index is 0.702. The molecule has 6 nitrogen and oxygen atoms in total. The van der Waals surface area contributed by atoms with Gasteiger partial charge in [-0.05, 0) is 44.3 Å². The van der Waals surface area contributed by atoms with Crippen LogP contribution in [0.1, 0.15) is 28.8 Å². The van der Waals surface area contributed by atoms with Gasteiger partial charge in [-0.1, -0.05) is 25.3 Å². The van der Waals surface area contributed by atoms with Gasteiger partial charge >= 0.3 is 0 Å². The van der Waals surface area contributed by atoms with Gasteiger partial charge in [-0.15, -0.1) is 6.58 Å². The second kappa shape index (κ2) is 9.43. The average molecular weight is 403 g/mol. The van der Waals surface area contributed by atoms with Crippen LogP contribution >= 0.6 is 0 Å². The quantitative estimate of drug-likeness (QED) is 0.522. The first-order valence-corrected chi connectivity index (χ1v) is 9.98. The third kappa shape index (κ3) is 3.75. The highest BCUT2D eigenvalue weighted by Crippen LogP contribution is 2.39. The first-order valence-electron chi connectivity index (χ1n) is 9.98. The average Bonchev–Trinajstić information content (AvgIpc) is 3.42. The first-order chi connectivity index (χ1) is 14.7. The summed E-state index contributed by atoms with van der Waals surface area (Å²) in [7, 11) is 3.43. The summed E-state index contributed by atoms with van der Waals surface area (Å²) in [6, 6.07) is 6.40. The predicted molar refractivity (Wildman–Crippen MR) is 127 cm³/mol. The number of imidazole rings is 1. The van der Waals surface area contributed by atoms with Crippen molar-refractivity contribution in [2.45, 2.75) is 13.1 Å². The van der Waals surface area contributed by atoms with E-state index in [0.717, 1.165) is 57.7 Å². The van der Waals surface area contributed by atoms with Gasteiger partial charge in [0.25, 0.3) is 0 Å². The Hall–Kier alpha value is -3.35. The molecule has 4 rings (SSSR count). The third-order valence-corrected chi connectivity index (χ3v) is 5.13. The van der Waals surface area contributed by atoms with Crippen LogP contribution in [0.2, 0.25) is 0 Å². The fourth-order valence-electron chi connectivity index (χ4n) is 3.73. The summed E-state index contributed by atoms with van der Waals surface area (Å²) < 4.78 is 2.11. The maximum atomic E-state index is 4.73. The summed E-state index contributed by atoms with van der Waals surface area (Å²) in [6.45, 7) is 13.7. The van der Waals surface area contributed by atoms with Crippen molar-refractivity contribution in [3.63, 3.8) is 0 Å². The number of nitrogens with two attached hydrogens (primary N) is 1. The fourth-order valence-corrected chi connectivity index (χ4v) is 3.73. The van der Waals surface area contributed by atoms with Crippen molar-refractivity contribution in [2.24, 2.45) is 5.73 Å². The zero-order chi connectivity index (χ0) is 21.7. The molecule has 0 unspecified atom stereocenters. The molecule has 156 valence electrons. The van der Waals surface area contributed by atoms with Crippen molar-refractivity contribution < 1.29 is 0 Å². The van der Waals surface area contributed by atoms with Crippen LogP contribution in [0.25, 0.3) is 28.4 Å². The Morgan fingerprint density at radius 2 is 2.03 bits per heavy atom. The van der Waals surface area contributed by atoms with Gasteiger partial charge in [0, 0.05) is 35.6 Å². The van der Waals surface area contributed by atoms with Crippen molar-refractivity contribution in [3.8, 4) is 0 Å². The van der Waals surface area contributed by atoms with Crippen LogP contribution < -0.4 is 11.1 Å². The van der Waals surface area contributed by atoms with Crippen LogP contribution in [0.3, 0.4) is 0 Å². The van der Waals surface area contributed by atoms with Gasteiger partial charge in [0.1, 0.15) is 0 Å². The van der Waals surface area contributed by atoms with Crippen molar-refractivity contribution >= 4 is 28.4 Å². The molecule has 1 aliphatic heterocycles. The van der Waals surface area contributed by atoms with E-state index >= 15 is 0 Å². The number of aromatic amines is 1. The molecule has 3 aromatic rings. The summed E-state index contributed by atoms with van der Waals surface area (Å²) in [5.74, 6) is 0. The van der Waals surface area contributed by atoms with E-state index in [-0.39, 0.29) is 0 Å². The van der Waals surface area contributed by atoms with Gasteiger partial charge in [0.2, 0.25) is 0 Å². The molecule has 0 aliphatic carbocycles. The second-order valence-electron chi connectivity index (χ2n) is 6.89. The number of nitrogens with one attached hydrogen (secondary N) is 2. The lowest BCUT2D eigenvalue weighted by Gasteiger charge is -2.29. The minimum Gasteiger partial charge on any atom is -0.359 e. The molecule has 0 bridgehead atoms. The zero-order valence-electron chi connectivity index (χ0n) is 17.8. The Bertz CT molecular complexity index is 1100. The topological polar surface area (TPSA) is 74.9 Å². The monoisotopic (exact) mass is 402 g/mol. The van der Waals surface area contributed by atoms with E-state index in [0.29, 0.717) is 6.67 Å². The van der Waals surface area contributed by atoms with Crippen LogP contribution in [0.5, 0.6) is 0 Å². The summed E-state index contributed by atoms with van der Waals surface area (Å²) in [6.07, 6.45) is 10.7.